The molecule has 0 radical (unpaired) electrons. The van der Waals surface area contributed by atoms with E-state index < -0.39 is 0 Å². The number of hydrogen-bond acceptors (Lipinski definition) is 3. The molecule has 0 bridgehead atoms. The van der Waals surface area contributed by atoms with Crippen molar-refractivity contribution in [1.82, 2.24) is 4.98 Å². The zero-order chi connectivity index (χ0) is 14.2. The van der Waals surface area contributed by atoms with Crippen LogP contribution in [0.2, 0.25) is 0 Å². The van der Waals surface area contributed by atoms with Crippen LogP contribution in [0, 0.1) is 13.8 Å². The lowest BCUT2D eigenvalue weighted by molar-refractivity contribution is 0.544. The Morgan fingerprint density at radius 2 is 1.84 bits per heavy atom. The number of aryl methyl sites for hydroxylation is 2. The van der Waals surface area contributed by atoms with E-state index in [0.29, 0.717) is 6.01 Å². The van der Waals surface area contributed by atoms with Crippen LogP contribution in [-0.4, -0.2) is 12.0 Å². The van der Waals surface area contributed by atoms with Crippen LogP contribution in [0.5, 0.6) is 0 Å². The maximum atomic E-state index is 5.55. The molecule has 0 amide bonds. The van der Waals surface area contributed by atoms with Crippen molar-refractivity contribution in [3.63, 3.8) is 0 Å². The molecule has 0 saturated carbocycles. The number of benzene rings is 1. The minimum absolute atomic E-state index is 0.165. The summed E-state index contributed by atoms with van der Waals surface area (Å²) < 4.78 is 5.55. The van der Waals surface area contributed by atoms with E-state index in [1.165, 1.54) is 11.1 Å². The molecule has 0 spiro atoms. The van der Waals surface area contributed by atoms with Gasteiger partial charge in [-0.15, -0.1) is 0 Å². The molecule has 0 unspecified atom stereocenters. The van der Waals surface area contributed by atoms with Crippen LogP contribution in [0.3, 0.4) is 0 Å². The van der Waals surface area contributed by atoms with Gasteiger partial charge in [0.1, 0.15) is 11.5 Å². The number of anilines is 1. The number of rotatable bonds is 2. The van der Waals surface area contributed by atoms with Crippen LogP contribution >= 0.6 is 0 Å². The molecule has 2 rings (SSSR count). The van der Waals surface area contributed by atoms with Crippen molar-refractivity contribution in [2.24, 2.45) is 0 Å². The van der Waals surface area contributed by atoms with Gasteiger partial charge in [-0.2, -0.15) is 4.98 Å². The summed E-state index contributed by atoms with van der Waals surface area (Å²) in [5.41, 5.74) is 4.78. The Hall–Kier alpha value is -1.77. The highest BCUT2D eigenvalue weighted by Gasteiger charge is 2.17. The lowest BCUT2D eigenvalue weighted by Gasteiger charge is -2.20. The van der Waals surface area contributed by atoms with E-state index in [0.717, 1.165) is 17.0 Å². The van der Waals surface area contributed by atoms with E-state index in [1.54, 1.807) is 0 Å². The van der Waals surface area contributed by atoms with Crippen LogP contribution < -0.4 is 5.32 Å². The Bertz CT molecular complexity index is 591. The molecular formula is C16H22N2O. The molecule has 19 heavy (non-hydrogen) atoms. The van der Waals surface area contributed by atoms with Crippen LogP contribution in [0.25, 0.3) is 11.3 Å². The Morgan fingerprint density at radius 3 is 2.32 bits per heavy atom. The van der Waals surface area contributed by atoms with Gasteiger partial charge in [0.25, 0.3) is 6.01 Å². The van der Waals surface area contributed by atoms with Crippen LogP contribution in [-0.2, 0) is 5.41 Å². The van der Waals surface area contributed by atoms with E-state index >= 15 is 0 Å². The number of oxazole rings is 1. The van der Waals surface area contributed by atoms with Crippen molar-refractivity contribution in [3.8, 4) is 11.3 Å². The molecule has 0 atom stereocenters. The quantitative estimate of drug-likeness (QED) is 0.872. The molecule has 0 fully saturated rings. The van der Waals surface area contributed by atoms with Gasteiger partial charge in [0, 0.05) is 12.6 Å². The second kappa shape index (κ2) is 4.72. The van der Waals surface area contributed by atoms with E-state index in [1.807, 2.05) is 14.0 Å². The third kappa shape index (κ3) is 2.65. The molecule has 1 N–H and O–H groups in total. The third-order valence-corrected chi connectivity index (χ3v) is 3.36. The van der Waals surface area contributed by atoms with Gasteiger partial charge in [-0.05, 0) is 30.4 Å². The monoisotopic (exact) mass is 258 g/mol. The number of aromatic nitrogens is 1. The highest BCUT2D eigenvalue weighted by molar-refractivity contribution is 5.67. The molecule has 1 aromatic heterocycles. The summed E-state index contributed by atoms with van der Waals surface area (Å²) in [6.45, 7) is 10.7. The fraction of sp³-hybridized carbons (Fsp3) is 0.438. The maximum absolute atomic E-state index is 5.55. The van der Waals surface area contributed by atoms with Gasteiger partial charge >= 0.3 is 0 Å². The zero-order valence-electron chi connectivity index (χ0n) is 12.6. The molecule has 3 heteroatoms. The predicted octanol–water partition coefficient (Wildman–Crippen LogP) is 4.30. The second-order valence-corrected chi connectivity index (χ2v) is 5.95. The topological polar surface area (TPSA) is 38.1 Å². The average Bonchev–Trinajstić information content (AvgIpc) is 2.69. The van der Waals surface area contributed by atoms with Crippen LogP contribution in [0.15, 0.2) is 22.6 Å². The molecule has 0 aliphatic heterocycles. The van der Waals surface area contributed by atoms with Crippen LogP contribution in [0.4, 0.5) is 6.01 Å². The van der Waals surface area contributed by atoms with E-state index in [4.69, 9.17) is 4.42 Å². The van der Waals surface area contributed by atoms with Crippen LogP contribution in [0.1, 0.15) is 37.7 Å². The summed E-state index contributed by atoms with van der Waals surface area (Å²) in [7, 11) is 1.81. The fourth-order valence-electron chi connectivity index (χ4n) is 2.15. The summed E-state index contributed by atoms with van der Waals surface area (Å²) in [6, 6.07) is 7.12. The summed E-state index contributed by atoms with van der Waals surface area (Å²) in [5, 5.41) is 2.94. The predicted molar refractivity (Wildman–Crippen MR) is 79.7 cm³/mol. The van der Waals surface area contributed by atoms with Crippen molar-refractivity contribution >= 4 is 6.01 Å². The first-order chi connectivity index (χ1) is 8.82. The summed E-state index contributed by atoms with van der Waals surface area (Å²) in [4.78, 5) is 4.47. The van der Waals surface area contributed by atoms with Crippen molar-refractivity contribution < 1.29 is 4.42 Å². The number of nitrogens with zero attached hydrogens (tertiary/aromatic N) is 1. The Balaban J connectivity index is 2.49. The molecule has 0 saturated heterocycles. The highest BCUT2D eigenvalue weighted by atomic mass is 16.4. The first-order valence-electron chi connectivity index (χ1n) is 6.59. The SMILES string of the molecule is CNc1nc(-c2ccc(C(C)(C)C)cc2C)c(C)o1. The minimum atomic E-state index is 0.165. The largest absolute Gasteiger partial charge is 0.428 e. The van der Waals surface area contributed by atoms with Gasteiger partial charge in [-0.3, -0.25) is 0 Å². The smallest absolute Gasteiger partial charge is 0.295 e. The Kier molecular flexibility index (Phi) is 3.40. The Morgan fingerprint density at radius 1 is 1.16 bits per heavy atom. The first-order valence-corrected chi connectivity index (χ1v) is 6.59. The lowest BCUT2D eigenvalue weighted by Crippen LogP contribution is -2.11. The average molecular weight is 258 g/mol. The first kappa shape index (κ1) is 13.7. The van der Waals surface area contributed by atoms with Crippen molar-refractivity contribution in [2.75, 3.05) is 12.4 Å². The molecule has 2 aromatic rings. The molecule has 3 nitrogen and oxygen atoms in total. The van der Waals surface area contributed by atoms with Crippen molar-refractivity contribution in [1.29, 1.82) is 0 Å². The van der Waals surface area contributed by atoms with Gasteiger partial charge in [0.05, 0.1) is 0 Å². The van der Waals surface area contributed by atoms with E-state index in [9.17, 15) is 0 Å². The lowest BCUT2D eigenvalue weighted by atomic mass is 9.85. The summed E-state index contributed by atoms with van der Waals surface area (Å²) in [6.07, 6.45) is 0. The summed E-state index contributed by atoms with van der Waals surface area (Å²) >= 11 is 0. The number of nitrogens with one attached hydrogen (secondary N) is 1. The maximum Gasteiger partial charge on any atom is 0.295 e. The van der Waals surface area contributed by atoms with Crippen molar-refractivity contribution in [2.45, 2.75) is 40.0 Å². The fourth-order valence-corrected chi connectivity index (χ4v) is 2.15. The Labute approximate surface area is 115 Å². The number of hydrogen-bond donors (Lipinski definition) is 1. The molecule has 1 heterocycles. The van der Waals surface area contributed by atoms with Gasteiger partial charge < -0.3 is 9.73 Å². The molecule has 0 aliphatic carbocycles. The van der Waals surface area contributed by atoms with E-state index in [-0.39, 0.29) is 5.41 Å². The van der Waals surface area contributed by atoms with Gasteiger partial charge in [0.15, 0.2) is 0 Å². The van der Waals surface area contributed by atoms with Gasteiger partial charge in [-0.1, -0.05) is 39.0 Å². The molecule has 0 aliphatic rings. The summed E-state index contributed by atoms with van der Waals surface area (Å²) in [5.74, 6) is 0.843. The van der Waals surface area contributed by atoms with E-state index in [2.05, 4.69) is 56.2 Å². The zero-order valence-corrected chi connectivity index (χ0v) is 12.6. The van der Waals surface area contributed by atoms with Crippen molar-refractivity contribution in [3.05, 3.63) is 35.1 Å². The normalized spacial score (nSPS) is 11.7. The second-order valence-electron chi connectivity index (χ2n) is 5.95. The molecular weight excluding hydrogens is 236 g/mol. The molecule has 102 valence electrons. The third-order valence-electron chi connectivity index (χ3n) is 3.36. The standard InChI is InChI=1S/C16H22N2O/c1-10-9-12(16(3,4)5)7-8-13(10)14-11(2)19-15(17-6)18-14/h7-9H,1-6H3,(H,17,18). The highest BCUT2D eigenvalue weighted by Crippen LogP contribution is 2.31. The van der Waals surface area contributed by atoms with Gasteiger partial charge in [-0.25, -0.2) is 0 Å². The molecule has 1 aromatic carbocycles. The van der Waals surface area contributed by atoms with Gasteiger partial charge in [0.2, 0.25) is 0 Å². The minimum Gasteiger partial charge on any atom is -0.428 e.